The molecule has 0 aliphatic heterocycles. The zero-order valence-electron chi connectivity index (χ0n) is 11.4. The molecule has 0 radical (unpaired) electrons. The Balaban J connectivity index is 2.46. The molecule has 1 heterocycles. The third kappa shape index (κ3) is 2.84. The molecule has 0 bridgehead atoms. The van der Waals surface area contributed by atoms with Crippen LogP contribution in [0.25, 0.3) is 11.5 Å². The average molecular weight is 296 g/mol. The van der Waals surface area contributed by atoms with E-state index in [0.717, 1.165) is 5.56 Å². The Morgan fingerprint density at radius 3 is 2.75 bits per heavy atom. The van der Waals surface area contributed by atoms with Crippen LogP contribution in [0.3, 0.4) is 0 Å². The van der Waals surface area contributed by atoms with Crippen molar-refractivity contribution in [1.82, 2.24) is 4.98 Å². The Morgan fingerprint density at radius 1 is 1.40 bits per heavy atom. The lowest BCUT2D eigenvalue weighted by molar-refractivity contribution is 0.0559. The molecule has 1 aromatic heterocycles. The van der Waals surface area contributed by atoms with E-state index in [9.17, 15) is 4.79 Å². The third-order valence-corrected chi connectivity index (χ3v) is 3.18. The van der Waals surface area contributed by atoms with Crippen LogP contribution in [0.2, 0.25) is 5.02 Å². The van der Waals surface area contributed by atoms with E-state index in [1.165, 1.54) is 14.2 Å². The number of rotatable bonds is 4. The highest BCUT2D eigenvalue weighted by molar-refractivity contribution is 6.31. The number of hydrogen-bond donors (Lipinski definition) is 0. The van der Waals surface area contributed by atoms with Crippen molar-refractivity contribution in [2.24, 2.45) is 0 Å². The molecule has 0 aliphatic rings. The highest BCUT2D eigenvalue weighted by Gasteiger charge is 2.21. The zero-order valence-corrected chi connectivity index (χ0v) is 12.2. The van der Waals surface area contributed by atoms with Crippen molar-refractivity contribution in [2.45, 2.75) is 13.5 Å². The van der Waals surface area contributed by atoms with E-state index < -0.39 is 5.97 Å². The first-order valence-corrected chi connectivity index (χ1v) is 6.28. The lowest BCUT2D eigenvalue weighted by atomic mass is 10.1. The van der Waals surface area contributed by atoms with Gasteiger partial charge in [0.2, 0.25) is 11.7 Å². The van der Waals surface area contributed by atoms with E-state index in [1.54, 1.807) is 6.07 Å². The van der Waals surface area contributed by atoms with Gasteiger partial charge in [0.05, 0.1) is 13.7 Å². The van der Waals surface area contributed by atoms with Crippen molar-refractivity contribution < 1.29 is 18.7 Å². The van der Waals surface area contributed by atoms with Crippen LogP contribution in [-0.4, -0.2) is 25.2 Å². The van der Waals surface area contributed by atoms with Gasteiger partial charge in [-0.1, -0.05) is 17.7 Å². The van der Waals surface area contributed by atoms with Gasteiger partial charge >= 0.3 is 5.97 Å². The summed E-state index contributed by atoms with van der Waals surface area (Å²) in [6, 6.07) is 5.42. The number of aromatic nitrogens is 1. The number of esters is 1. The molecular formula is C14H14ClNO4. The van der Waals surface area contributed by atoms with Crippen molar-refractivity contribution in [3.63, 3.8) is 0 Å². The molecule has 5 nitrogen and oxygen atoms in total. The number of halogens is 1. The van der Waals surface area contributed by atoms with Gasteiger partial charge in [-0.25, -0.2) is 9.78 Å². The van der Waals surface area contributed by atoms with Crippen molar-refractivity contribution in [3.8, 4) is 11.5 Å². The Labute approximate surface area is 121 Å². The highest BCUT2D eigenvalue weighted by Crippen LogP contribution is 2.27. The number of carbonyl (C=O) groups is 1. The standard InChI is InChI=1S/C14H14ClNO4/c1-8-4-5-9(6-10(8)15)13-16-11(7-18-2)12(20-13)14(17)19-3/h4-6H,7H2,1-3H3. The van der Waals surface area contributed by atoms with Crippen molar-refractivity contribution in [1.29, 1.82) is 0 Å². The normalized spacial score (nSPS) is 10.6. The molecule has 6 heteroatoms. The van der Waals surface area contributed by atoms with Crippen LogP contribution in [0.5, 0.6) is 0 Å². The number of aryl methyl sites for hydroxylation is 1. The Morgan fingerprint density at radius 2 is 2.15 bits per heavy atom. The minimum Gasteiger partial charge on any atom is -0.463 e. The smallest absolute Gasteiger partial charge is 0.376 e. The molecule has 20 heavy (non-hydrogen) atoms. The molecule has 0 N–H and O–H groups in total. The van der Waals surface area contributed by atoms with E-state index >= 15 is 0 Å². The molecule has 0 saturated heterocycles. The Bertz CT molecular complexity index is 636. The topological polar surface area (TPSA) is 61.6 Å². The second-order valence-electron chi connectivity index (χ2n) is 4.18. The van der Waals surface area contributed by atoms with Crippen LogP contribution in [0.1, 0.15) is 21.8 Å². The molecule has 0 aliphatic carbocycles. The molecule has 0 amide bonds. The first-order valence-electron chi connectivity index (χ1n) is 5.90. The summed E-state index contributed by atoms with van der Waals surface area (Å²) < 4.78 is 15.1. The fourth-order valence-corrected chi connectivity index (χ4v) is 1.87. The van der Waals surface area contributed by atoms with Crippen molar-refractivity contribution in [3.05, 3.63) is 40.2 Å². The summed E-state index contributed by atoms with van der Waals surface area (Å²) in [5, 5.41) is 0.605. The van der Waals surface area contributed by atoms with Crippen molar-refractivity contribution in [2.75, 3.05) is 14.2 Å². The van der Waals surface area contributed by atoms with E-state index in [4.69, 9.17) is 20.8 Å². The maximum atomic E-state index is 11.6. The van der Waals surface area contributed by atoms with Crippen molar-refractivity contribution >= 4 is 17.6 Å². The van der Waals surface area contributed by atoms with Gasteiger partial charge in [0, 0.05) is 17.7 Å². The number of oxazole rings is 1. The fourth-order valence-electron chi connectivity index (χ4n) is 1.69. The number of nitrogens with zero attached hydrogens (tertiary/aromatic N) is 1. The number of hydrogen-bond acceptors (Lipinski definition) is 5. The van der Waals surface area contributed by atoms with Gasteiger partial charge in [0.1, 0.15) is 5.69 Å². The monoisotopic (exact) mass is 295 g/mol. The summed E-state index contributed by atoms with van der Waals surface area (Å²) in [4.78, 5) is 15.9. The van der Waals surface area contributed by atoms with Crippen LogP contribution >= 0.6 is 11.6 Å². The molecule has 2 rings (SSSR count). The number of carbonyl (C=O) groups excluding carboxylic acids is 1. The van der Waals surface area contributed by atoms with Crippen LogP contribution in [0.4, 0.5) is 0 Å². The van der Waals surface area contributed by atoms with E-state index in [0.29, 0.717) is 22.2 Å². The number of methoxy groups -OCH3 is 2. The van der Waals surface area contributed by atoms with Gasteiger partial charge in [0.15, 0.2) is 0 Å². The van der Waals surface area contributed by atoms with E-state index in [2.05, 4.69) is 9.72 Å². The van der Waals surface area contributed by atoms with Crippen LogP contribution in [-0.2, 0) is 16.1 Å². The number of ether oxygens (including phenoxy) is 2. The van der Waals surface area contributed by atoms with Gasteiger partial charge in [-0.2, -0.15) is 0 Å². The van der Waals surface area contributed by atoms with Gasteiger partial charge < -0.3 is 13.9 Å². The summed E-state index contributed by atoms with van der Waals surface area (Å²) >= 11 is 6.08. The highest BCUT2D eigenvalue weighted by atomic mass is 35.5. The third-order valence-electron chi connectivity index (χ3n) is 2.77. The summed E-state index contributed by atoms with van der Waals surface area (Å²) in [5.41, 5.74) is 2.03. The first-order chi connectivity index (χ1) is 9.56. The van der Waals surface area contributed by atoms with Crippen LogP contribution < -0.4 is 0 Å². The summed E-state index contributed by atoms with van der Waals surface area (Å²) in [7, 11) is 2.79. The SMILES string of the molecule is COCc1nc(-c2ccc(C)c(Cl)c2)oc1C(=O)OC. The maximum Gasteiger partial charge on any atom is 0.376 e. The molecule has 0 atom stereocenters. The minimum absolute atomic E-state index is 0.0426. The van der Waals surface area contributed by atoms with Gasteiger partial charge in [-0.05, 0) is 24.6 Å². The van der Waals surface area contributed by atoms with Gasteiger partial charge in [-0.3, -0.25) is 0 Å². The molecule has 0 saturated carbocycles. The second kappa shape index (κ2) is 6.07. The molecule has 0 unspecified atom stereocenters. The van der Waals surface area contributed by atoms with E-state index in [1.807, 2.05) is 19.1 Å². The second-order valence-corrected chi connectivity index (χ2v) is 4.59. The van der Waals surface area contributed by atoms with E-state index in [-0.39, 0.29) is 12.4 Å². The largest absolute Gasteiger partial charge is 0.463 e. The van der Waals surface area contributed by atoms with Crippen LogP contribution in [0.15, 0.2) is 22.6 Å². The molecule has 106 valence electrons. The molecular weight excluding hydrogens is 282 g/mol. The maximum absolute atomic E-state index is 11.6. The Hall–Kier alpha value is -1.85. The summed E-state index contributed by atoms with van der Waals surface area (Å²) in [5.74, 6) is -0.241. The van der Waals surface area contributed by atoms with Gasteiger partial charge in [-0.15, -0.1) is 0 Å². The molecule has 0 spiro atoms. The fraction of sp³-hybridized carbons (Fsp3) is 0.286. The van der Waals surface area contributed by atoms with Crippen LogP contribution in [0, 0.1) is 6.92 Å². The quantitative estimate of drug-likeness (QED) is 0.810. The average Bonchev–Trinajstić information content (AvgIpc) is 2.85. The lowest BCUT2D eigenvalue weighted by Crippen LogP contribution is -2.04. The zero-order chi connectivity index (χ0) is 14.7. The first kappa shape index (κ1) is 14.6. The summed E-state index contributed by atoms with van der Waals surface area (Å²) in [6.07, 6.45) is 0. The predicted octanol–water partition coefficient (Wildman–Crippen LogP) is 3.24. The predicted molar refractivity (Wildman–Crippen MR) is 73.7 cm³/mol. The molecule has 0 fully saturated rings. The Kier molecular flexibility index (Phi) is 4.42. The molecule has 2 aromatic rings. The lowest BCUT2D eigenvalue weighted by Gasteiger charge is -1.99. The van der Waals surface area contributed by atoms with Gasteiger partial charge in [0.25, 0.3) is 0 Å². The summed E-state index contributed by atoms with van der Waals surface area (Å²) in [6.45, 7) is 2.06. The molecule has 1 aromatic carbocycles. The minimum atomic E-state index is -0.589. The number of benzene rings is 1.